The van der Waals surface area contributed by atoms with E-state index in [9.17, 15) is 10.2 Å². The molecule has 0 saturated carbocycles. The van der Waals surface area contributed by atoms with Gasteiger partial charge in [0.2, 0.25) is 0 Å². The van der Waals surface area contributed by atoms with E-state index >= 15 is 0 Å². The van der Waals surface area contributed by atoms with Gasteiger partial charge < -0.3 is 20.3 Å². The van der Waals surface area contributed by atoms with Gasteiger partial charge in [-0.1, -0.05) is 37.3 Å². The average molecular weight is 289 g/mol. The molecule has 4 nitrogen and oxygen atoms in total. The summed E-state index contributed by atoms with van der Waals surface area (Å²) in [5.74, 6) is 0.848. The van der Waals surface area contributed by atoms with Crippen molar-refractivity contribution < 1.29 is 14.9 Å². The van der Waals surface area contributed by atoms with Crippen LogP contribution in [0.15, 0.2) is 36.4 Å². The summed E-state index contributed by atoms with van der Waals surface area (Å²) in [5.41, 5.74) is 0.479. The normalized spacial score (nSPS) is 11.8. The van der Waals surface area contributed by atoms with Gasteiger partial charge in [0, 0.05) is 11.9 Å². The summed E-state index contributed by atoms with van der Waals surface area (Å²) in [5, 5.41) is 24.5. The fourth-order valence-corrected chi connectivity index (χ4v) is 2.46. The lowest BCUT2D eigenvalue weighted by Crippen LogP contribution is -2.50. The summed E-state index contributed by atoms with van der Waals surface area (Å²) in [6.45, 7) is 2.35. The Morgan fingerprint density at radius 2 is 1.71 bits per heavy atom. The predicted molar refractivity (Wildman–Crippen MR) is 84.5 cm³/mol. The summed E-state index contributed by atoms with van der Waals surface area (Å²) in [6, 6.07) is 12.0. The predicted octanol–water partition coefficient (Wildman–Crippen LogP) is 2.07. The zero-order valence-corrected chi connectivity index (χ0v) is 12.6. The Morgan fingerprint density at radius 1 is 1.05 bits per heavy atom. The molecule has 2 rings (SSSR count). The molecule has 3 N–H and O–H groups in total. The number of fused-ring (bicyclic) bond motifs is 1. The highest BCUT2D eigenvalue weighted by atomic mass is 16.5. The molecule has 0 spiro atoms. The van der Waals surface area contributed by atoms with Crippen LogP contribution >= 0.6 is 0 Å². The molecule has 0 heterocycles. The van der Waals surface area contributed by atoms with Crippen LogP contribution in [0.2, 0.25) is 0 Å². The molecular weight excluding hydrogens is 266 g/mol. The van der Waals surface area contributed by atoms with Crippen molar-refractivity contribution in [3.63, 3.8) is 0 Å². The van der Waals surface area contributed by atoms with Crippen molar-refractivity contribution in [3.8, 4) is 5.75 Å². The molecule has 0 radical (unpaired) electrons. The Labute approximate surface area is 125 Å². The van der Waals surface area contributed by atoms with Crippen molar-refractivity contribution in [1.82, 2.24) is 5.32 Å². The van der Waals surface area contributed by atoms with E-state index in [2.05, 4.69) is 11.4 Å². The van der Waals surface area contributed by atoms with Gasteiger partial charge in [0.15, 0.2) is 0 Å². The van der Waals surface area contributed by atoms with Crippen molar-refractivity contribution in [2.45, 2.75) is 25.4 Å². The van der Waals surface area contributed by atoms with E-state index in [1.165, 1.54) is 0 Å². The number of rotatable bonds is 7. The van der Waals surface area contributed by atoms with E-state index < -0.39 is 5.54 Å². The van der Waals surface area contributed by atoms with Crippen molar-refractivity contribution in [1.29, 1.82) is 0 Å². The minimum Gasteiger partial charge on any atom is -0.496 e. The van der Waals surface area contributed by atoms with Gasteiger partial charge in [0.25, 0.3) is 0 Å². The largest absolute Gasteiger partial charge is 0.496 e. The number of aliphatic hydroxyl groups excluding tert-OH is 2. The lowest BCUT2D eigenvalue weighted by atomic mass is 9.97. The minimum atomic E-state index is -0.638. The number of methoxy groups -OCH3 is 1. The lowest BCUT2D eigenvalue weighted by Gasteiger charge is -2.30. The maximum atomic E-state index is 9.51. The maximum Gasteiger partial charge on any atom is 0.126 e. The van der Waals surface area contributed by atoms with E-state index in [-0.39, 0.29) is 13.2 Å². The first-order chi connectivity index (χ1) is 10.2. The molecule has 0 aromatic heterocycles. The molecule has 0 aliphatic heterocycles. The molecule has 21 heavy (non-hydrogen) atoms. The summed E-state index contributed by atoms with van der Waals surface area (Å²) >= 11 is 0. The molecule has 0 bridgehead atoms. The molecule has 0 fully saturated rings. The Morgan fingerprint density at radius 3 is 2.29 bits per heavy atom. The van der Waals surface area contributed by atoms with E-state index in [0.29, 0.717) is 13.0 Å². The Balaban J connectivity index is 2.31. The second-order valence-corrected chi connectivity index (χ2v) is 5.28. The number of nitrogens with one attached hydrogen (secondary N) is 1. The van der Waals surface area contributed by atoms with Gasteiger partial charge in [0.1, 0.15) is 5.75 Å². The van der Waals surface area contributed by atoms with Gasteiger partial charge in [0.05, 0.1) is 25.9 Å². The fraction of sp³-hybridized carbons (Fsp3) is 0.412. The van der Waals surface area contributed by atoms with Gasteiger partial charge in [-0.2, -0.15) is 0 Å². The number of hydrogen-bond acceptors (Lipinski definition) is 4. The topological polar surface area (TPSA) is 61.7 Å². The fourth-order valence-electron chi connectivity index (χ4n) is 2.46. The Bertz CT molecular complexity index is 585. The zero-order chi connectivity index (χ0) is 15.3. The standard InChI is InChI=1S/C17H23NO3/c1-3-17(11-19,12-20)18-10-13-8-9-16(21-2)15-7-5-4-6-14(13)15/h4-9,18-20H,3,10-12H2,1-2H3. The molecule has 0 amide bonds. The molecule has 114 valence electrons. The molecular formula is C17H23NO3. The molecule has 0 unspecified atom stereocenters. The first kappa shape index (κ1) is 15.8. The molecule has 0 aliphatic rings. The summed E-state index contributed by atoms with van der Waals surface area (Å²) in [7, 11) is 1.67. The van der Waals surface area contributed by atoms with Crippen molar-refractivity contribution in [3.05, 3.63) is 42.0 Å². The maximum absolute atomic E-state index is 9.51. The van der Waals surface area contributed by atoms with Crippen LogP contribution in [0.1, 0.15) is 18.9 Å². The van der Waals surface area contributed by atoms with E-state index in [1.54, 1.807) is 7.11 Å². The number of benzene rings is 2. The van der Waals surface area contributed by atoms with Gasteiger partial charge in [-0.05, 0) is 23.4 Å². The highest BCUT2D eigenvalue weighted by molar-refractivity contribution is 5.91. The average Bonchev–Trinajstić information content (AvgIpc) is 2.56. The van der Waals surface area contributed by atoms with Crippen LogP contribution in [0, 0.1) is 0 Å². The zero-order valence-electron chi connectivity index (χ0n) is 12.6. The van der Waals surface area contributed by atoms with Gasteiger partial charge in [-0.15, -0.1) is 0 Å². The van der Waals surface area contributed by atoms with Crippen molar-refractivity contribution in [2.75, 3.05) is 20.3 Å². The number of hydrogen-bond donors (Lipinski definition) is 3. The first-order valence-corrected chi connectivity index (χ1v) is 7.21. The lowest BCUT2D eigenvalue weighted by molar-refractivity contribution is 0.0865. The van der Waals surface area contributed by atoms with Crippen LogP contribution in [0.25, 0.3) is 10.8 Å². The number of aliphatic hydroxyl groups is 2. The van der Waals surface area contributed by atoms with Gasteiger partial charge >= 0.3 is 0 Å². The van der Waals surface area contributed by atoms with E-state index in [1.807, 2.05) is 37.3 Å². The quantitative estimate of drug-likeness (QED) is 0.730. The van der Waals surface area contributed by atoms with Crippen molar-refractivity contribution >= 4 is 10.8 Å². The van der Waals surface area contributed by atoms with Crippen molar-refractivity contribution in [2.24, 2.45) is 0 Å². The highest BCUT2D eigenvalue weighted by Gasteiger charge is 2.25. The third-order valence-electron chi connectivity index (χ3n) is 4.13. The molecule has 0 saturated heterocycles. The van der Waals surface area contributed by atoms with Crippen LogP contribution in [-0.2, 0) is 6.54 Å². The molecule has 4 heteroatoms. The second-order valence-electron chi connectivity index (χ2n) is 5.28. The summed E-state index contributed by atoms with van der Waals surface area (Å²) in [4.78, 5) is 0. The van der Waals surface area contributed by atoms with E-state index in [4.69, 9.17) is 4.74 Å². The number of ether oxygens (including phenoxy) is 1. The van der Waals surface area contributed by atoms with Crippen LogP contribution in [0.3, 0.4) is 0 Å². The monoisotopic (exact) mass is 289 g/mol. The van der Waals surface area contributed by atoms with Crippen LogP contribution in [0.4, 0.5) is 0 Å². The first-order valence-electron chi connectivity index (χ1n) is 7.21. The Hall–Kier alpha value is -1.62. The van der Waals surface area contributed by atoms with Crippen LogP contribution in [-0.4, -0.2) is 36.1 Å². The Kier molecular flexibility index (Phi) is 5.17. The third-order valence-corrected chi connectivity index (χ3v) is 4.13. The third kappa shape index (κ3) is 3.18. The van der Waals surface area contributed by atoms with E-state index in [0.717, 1.165) is 22.1 Å². The molecule has 0 atom stereocenters. The second kappa shape index (κ2) is 6.89. The molecule has 2 aromatic carbocycles. The smallest absolute Gasteiger partial charge is 0.126 e. The molecule has 0 aliphatic carbocycles. The minimum absolute atomic E-state index is 0.0892. The van der Waals surface area contributed by atoms with Crippen LogP contribution in [0.5, 0.6) is 5.75 Å². The summed E-state index contributed by atoms with van der Waals surface area (Å²) < 4.78 is 5.39. The van der Waals surface area contributed by atoms with Crippen LogP contribution < -0.4 is 10.1 Å². The van der Waals surface area contributed by atoms with Gasteiger partial charge in [-0.25, -0.2) is 0 Å². The molecule has 2 aromatic rings. The SMILES string of the molecule is CCC(CO)(CO)NCc1ccc(OC)c2ccccc12. The van der Waals surface area contributed by atoms with Gasteiger partial charge in [-0.3, -0.25) is 0 Å². The highest BCUT2D eigenvalue weighted by Crippen LogP contribution is 2.28. The summed E-state index contributed by atoms with van der Waals surface area (Å²) in [6.07, 6.45) is 0.661.